The van der Waals surface area contributed by atoms with Gasteiger partial charge >= 0.3 is 0 Å². The van der Waals surface area contributed by atoms with Crippen molar-refractivity contribution in [2.45, 2.75) is 38.8 Å². The minimum Gasteiger partial charge on any atom is -0.325 e. The Morgan fingerprint density at radius 2 is 1.40 bits per heavy atom. The second kappa shape index (κ2) is 9.42. The van der Waals surface area contributed by atoms with Crippen LogP contribution in [0, 0.1) is 16.7 Å². The summed E-state index contributed by atoms with van der Waals surface area (Å²) in [5.41, 5.74) is 2.57. The molecule has 2 fully saturated rings. The molecule has 0 aromatic heterocycles. The molecule has 0 bridgehead atoms. The van der Waals surface area contributed by atoms with E-state index in [1.165, 1.54) is 11.1 Å². The molecule has 0 unspecified atom stereocenters. The molecule has 1 aliphatic carbocycles. The molecule has 5 heteroatoms. The van der Waals surface area contributed by atoms with Crippen molar-refractivity contribution in [3.05, 3.63) is 65.7 Å². The van der Waals surface area contributed by atoms with Crippen LogP contribution in [0.1, 0.15) is 36.8 Å². The van der Waals surface area contributed by atoms with E-state index in [0.29, 0.717) is 12.8 Å². The van der Waals surface area contributed by atoms with Gasteiger partial charge in [-0.2, -0.15) is 5.26 Å². The van der Waals surface area contributed by atoms with Crippen LogP contribution in [0.15, 0.2) is 54.6 Å². The van der Waals surface area contributed by atoms with Gasteiger partial charge in [-0.15, -0.1) is 0 Å². The minimum absolute atomic E-state index is 0.148. The number of nitrogens with one attached hydrogen (secondary N) is 1. The highest BCUT2D eigenvalue weighted by atomic mass is 16.2. The Morgan fingerprint density at radius 3 is 1.93 bits per heavy atom. The van der Waals surface area contributed by atoms with Crippen molar-refractivity contribution in [3.8, 4) is 6.07 Å². The molecule has 0 radical (unpaired) electrons. The van der Waals surface area contributed by atoms with Crippen LogP contribution in [0.2, 0.25) is 0 Å². The number of carbonyl (C=O) groups is 1. The first-order chi connectivity index (χ1) is 14.7. The zero-order valence-electron chi connectivity index (χ0n) is 17.5. The topological polar surface area (TPSA) is 59.4 Å². The summed E-state index contributed by atoms with van der Waals surface area (Å²) in [6.07, 6.45) is 3.25. The van der Waals surface area contributed by atoms with E-state index in [0.717, 1.165) is 57.8 Å². The molecule has 1 aliphatic heterocycles. The largest absolute Gasteiger partial charge is 0.325 e. The molecule has 1 N–H and O–H groups in total. The van der Waals surface area contributed by atoms with Crippen LogP contribution >= 0.6 is 0 Å². The molecule has 1 amide bonds. The number of hydrogen-bond donors (Lipinski definition) is 1. The zero-order valence-corrected chi connectivity index (χ0v) is 17.5. The average Bonchev–Trinajstić information content (AvgIpc) is 3.28. The van der Waals surface area contributed by atoms with E-state index in [4.69, 9.17) is 0 Å². The fourth-order valence-electron chi connectivity index (χ4n) is 4.52. The number of rotatable bonds is 6. The highest BCUT2D eigenvalue weighted by molar-refractivity contribution is 5.97. The van der Waals surface area contributed by atoms with E-state index >= 15 is 0 Å². The van der Waals surface area contributed by atoms with E-state index < -0.39 is 5.41 Å². The van der Waals surface area contributed by atoms with E-state index in [2.05, 4.69) is 63.7 Å². The van der Waals surface area contributed by atoms with Gasteiger partial charge in [0.15, 0.2) is 0 Å². The second-order valence-corrected chi connectivity index (χ2v) is 8.59. The van der Waals surface area contributed by atoms with Gasteiger partial charge in [0, 0.05) is 45.0 Å². The minimum atomic E-state index is -0.835. The predicted octanol–water partition coefficient (Wildman–Crippen LogP) is 4.03. The van der Waals surface area contributed by atoms with E-state index in [9.17, 15) is 10.1 Å². The molecule has 5 nitrogen and oxygen atoms in total. The monoisotopic (exact) mass is 402 g/mol. The van der Waals surface area contributed by atoms with Crippen LogP contribution in [-0.2, 0) is 17.9 Å². The third-order valence-electron chi connectivity index (χ3n) is 6.44. The molecule has 1 heterocycles. The third kappa shape index (κ3) is 4.89. The molecular formula is C25H30N4O. The van der Waals surface area contributed by atoms with E-state index in [-0.39, 0.29) is 5.91 Å². The predicted molar refractivity (Wildman–Crippen MR) is 119 cm³/mol. The smallest absolute Gasteiger partial charge is 0.244 e. The van der Waals surface area contributed by atoms with Gasteiger partial charge in [-0.1, -0.05) is 55.3 Å². The van der Waals surface area contributed by atoms with E-state index in [1.54, 1.807) is 0 Å². The van der Waals surface area contributed by atoms with Crippen LogP contribution in [0.5, 0.6) is 0 Å². The highest BCUT2D eigenvalue weighted by Gasteiger charge is 2.41. The van der Waals surface area contributed by atoms with Gasteiger partial charge in [-0.3, -0.25) is 14.6 Å². The van der Waals surface area contributed by atoms with Gasteiger partial charge in [-0.25, -0.2) is 0 Å². The summed E-state index contributed by atoms with van der Waals surface area (Å²) in [6.45, 7) is 6.24. The number of anilines is 1. The first-order valence-electron chi connectivity index (χ1n) is 11.0. The van der Waals surface area contributed by atoms with E-state index in [1.807, 2.05) is 12.1 Å². The normalized spacial score (nSPS) is 19.3. The Balaban J connectivity index is 1.25. The average molecular weight is 403 g/mol. The SMILES string of the molecule is N#CC1(C(=O)Nc2ccc(CN3CCN(Cc4ccccc4)CC3)cc2)CCCC1. The van der Waals surface area contributed by atoms with Crippen molar-refractivity contribution in [2.24, 2.45) is 5.41 Å². The van der Waals surface area contributed by atoms with Crippen molar-refractivity contribution in [3.63, 3.8) is 0 Å². The number of nitrogens with zero attached hydrogens (tertiary/aromatic N) is 3. The number of hydrogen-bond acceptors (Lipinski definition) is 4. The lowest BCUT2D eigenvalue weighted by Crippen LogP contribution is -2.45. The first kappa shape index (κ1) is 20.6. The zero-order chi connectivity index (χ0) is 20.8. The molecule has 2 aromatic carbocycles. The van der Waals surface area contributed by atoms with Gasteiger partial charge in [0.1, 0.15) is 5.41 Å². The summed E-state index contributed by atoms with van der Waals surface area (Å²) in [6, 6.07) is 21.0. The maximum Gasteiger partial charge on any atom is 0.244 e. The third-order valence-corrected chi connectivity index (χ3v) is 6.44. The molecule has 4 rings (SSSR count). The summed E-state index contributed by atoms with van der Waals surface area (Å²) < 4.78 is 0. The van der Waals surface area contributed by atoms with Gasteiger partial charge < -0.3 is 5.32 Å². The highest BCUT2D eigenvalue weighted by Crippen LogP contribution is 2.38. The molecular weight excluding hydrogens is 372 g/mol. The number of carbonyl (C=O) groups excluding carboxylic acids is 1. The molecule has 1 saturated carbocycles. The van der Waals surface area contributed by atoms with Gasteiger partial charge in [0.2, 0.25) is 5.91 Å². The molecule has 30 heavy (non-hydrogen) atoms. The summed E-state index contributed by atoms with van der Waals surface area (Å²) in [5.74, 6) is -0.148. The lowest BCUT2D eigenvalue weighted by atomic mass is 9.87. The van der Waals surface area contributed by atoms with Crippen molar-refractivity contribution in [1.29, 1.82) is 5.26 Å². The Labute approximate surface area is 179 Å². The molecule has 156 valence electrons. The van der Waals surface area contributed by atoms with Crippen molar-refractivity contribution >= 4 is 11.6 Å². The van der Waals surface area contributed by atoms with Crippen molar-refractivity contribution in [1.82, 2.24) is 9.80 Å². The van der Waals surface area contributed by atoms with Gasteiger partial charge in [0.05, 0.1) is 6.07 Å². The number of benzene rings is 2. The summed E-state index contributed by atoms with van der Waals surface area (Å²) >= 11 is 0. The van der Waals surface area contributed by atoms with Crippen molar-refractivity contribution < 1.29 is 4.79 Å². The van der Waals surface area contributed by atoms with Crippen LogP contribution in [0.25, 0.3) is 0 Å². The quantitative estimate of drug-likeness (QED) is 0.793. The lowest BCUT2D eigenvalue weighted by Gasteiger charge is -2.34. The molecule has 0 atom stereocenters. The maximum atomic E-state index is 12.6. The maximum absolute atomic E-state index is 12.6. The lowest BCUT2D eigenvalue weighted by molar-refractivity contribution is -0.122. The van der Waals surface area contributed by atoms with Gasteiger partial charge in [-0.05, 0) is 36.1 Å². The fraction of sp³-hybridized carbons (Fsp3) is 0.440. The Bertz CT molecular complexity index is 874. The molecule has 2 aliphatic rings. The fourth-order valence-corrected chi connectivity index (χ4v) is 4.52. The number of piperazine rings is 1. The Morgan fingerprint density at radius 1 is 0.867 bits per heavy atom. The summed E-state index contributed by atoms with van der Waals surface area (Å²) in [4.78, 5) is 17.6. The van der Waals surface area contributed by atoms with Crippen LogP contribution < -0.4 is 5.32 Å². The number of amides is 1. The van der Waals surface area contributed by atoms with Crippen LogP contribution in [-0.4, -0.2) is 41.9 Å². The first-order valence-corrected chi connectivity index (χ1v) is 11.0. The second-order valence-electron chi connectivity index (χ2n) is 8.59. The summed E-state index contributed by atoms with van der Waals surface area (Å²) in [7, 11) is 0. The Kier molecular flexibility index (Phi) is 6.47. The van der Waals surface area contributed by atoms with Crippen LogP contribution in [0.3, 0.4) is 0 Å². The molecule has 0 spiro atoms. The number of nitriles is 1. The standard InChI is InChI=1S/C25H30N4O/c26-20-25(12-4-5-13-25)24(30)27-23-10-8-22(9-11-23)19-29-16-14-28(15-17-29)18-21-6-2-1-3-7-21/h1-3,6-11H,4-5,12-19H2,(H,27,30). The van der Waals surface area contributed by atoms with Crippen LogP contribution in [0.4, 0.5) is 5.69 Å². The molecule has 1 saturated heterocycles. The molecule has 2 aromatic rings. The summed E-state index contributed by atoms with van der Waals surface area (Å²) in [5, 5.41) is 12.4. The van der Waals surface area contributed by atoms with Crippen molar-refractivity contribution in [2.75, 3.05) is 31.5 Å². The van der Waals surface area contributed by atoms with Gasteiger partial charge in [0.25, 0.3) is 0 Å². The Hall–Kier alpha value is -2.68.